The van der Waals surface area contributed by atoms with Gasteiger partial charge in [0, 0.05) is 22.6 Å². The highest BCUT2D eigenvalue weighted by Crippen LogP contribution is 2.32. The summed E-state index contributed by atoms with van der Waals surface area (Å²) in [5.41, 5.74) is -1.15. The zero-order chi connectivity index (χ0) is 14.0. The van der Waals surface area contributed by atoms with Crippen LogP contribution in [0, 0.1) is 11.6 Å². The van der Waals surface area contributed by atoms with Gasteiger partial charge in [-0.1, -0.05) is 35.9 Å². The van der Waals surface area contributed by atoms with Gasteiger partial charge in [-0.25, -0.2) is 8.78 Å². The van der Waals surface area contributed by atoms with Crippen molar-refractivity contribution in [3.05, 3.63) is 70.2 Å². The molecule has 0 saturated heterocycles. The van der Waals surface area contributed by atoms with E-state index in [0.717, 1.165) is 0 Å². The second-order valence-electron chi connectivity index (χ2n) is 4.63. The minimum atomic E-state index is -1.44. The van der Waals surface area contributed by atoms with Crippen molar-refractivity contribution in [2.45, 2.75) is 18.9 Å². The van der Waals surface area contributed by atoms with Gasteiger partial charge >= 0.3 is 0 Å². The first-order valence-electron chi connectivity index (χ1n) is 5.82. The van der Waals surface area contributed by atoms with Crippen molar-refractivity contribution in [2.75, 3.05) is 0 Å². The third-order valence-corrected chi connectivity index (χ3v) is 3.37. The molecule has 2 aromatic rings. The molecule has 0 aromatic heterocycles. The van der Waals surface area contributed by atoms with Gasteiger partial charge in [0.2, 0.25) is 0 Å². The highest BCUT2D eigenvalue weighted by molar-refractivity contribution is 6.31. The highest BCUT2D eigenvalue weighted by atomic mass is 35.5. The molecule has 4 heteroatoms. The normalized spacial score (nSPS) is 14.2. The smallest absolute Gasteiger partial charge is 0.129 e. The summed E-state index contributed by atoms with van der Waals surface area (Å²) in [5.74, 6) is -1.35. The molecule has 1 atom stereocenters. The van der Waals surface area contributed by atoms with Gasteiger partial charge < -0.3 is 5.11 Å². The van der Waals surface area contributed by atoms with E-state index in [1.54, 1.807) is 24.3 Å². The zero-order valence-corrected chi connectivity index (χ0v) is 11.1. The van der Waals surface area contributed by atoms with Crippen LogP contribution < -0.4 is 0 Å². The zero-order valence-electron chi connectivity index (χ0n) is 10.3. The molecule has 0 radical (unpaired) electrons. The molecule has 0 bridgehead atoms. The molecular weight excluding hydrogens is 270 g/mol. The van der Waals surface area contributed by atoms with Gasteiger partial charge in [-0.15, -0.1) is 0 Å². The summed E-state index contributed by atoms with van der Waals surface area (Å²) in [6.07, 6.45) is -0.185. The van der Waals surface area contributed by atoms with Crippen molar-refractivity contribution in [1.29, 1.82) is 0 Å². The lowest BCUT2D eigenvalue weighted by molar-refractivity contribution is 0.0558. The predicted octanol–water partition coefficient (Wildman–Crippen LogP) is 4.07. The van der Waals surface area contributed by atoms with E-state index in [0.29, 0.717) is 10.6 Å². The van der Waals surface area contributed by atoms with Crippen molar-refractivity contribution in [3.63, 3.8) is 0 Å². The molecule has 0 aliphatic rings. The fourth-order valence-corrected chi connectivity index (χ4v) is 2.38. The van der Waals surface area contributed by atoms with Crippen LogP contribution in [0.3, 0.4) is 0 Å². The summed E-state index contributed by atoms with van der Waals surface area (Å²) < 4.78 is 27.2. The molecule has 0 saturated carbocycles. The molecule has 0 fully saturated rings. The summed E-state index contributed by atoms with van der Waals surface area (Å²) in [6.45, 7) is 1.49. The lowest BCUT2D eigenvalue weighted by Crippen LogP contribution is -2.26. The monoisotopic (exact) mass is 282 g/mol. The maximum Gasteiger partial charge on any atom is 0.129 e. The van der Waals surface area contributed by atoms with Crippen LogP contribution in [-0.2, 0) is 12.0 Å². The van der Waals surface area contributed by atoms with Crippen molar-refractivity contribution >= 4 is 11.6 Å². The third-order valence-electron chi connectivity index (χ3n) is 3.04. The molecule has 2 aromatic carbocycles. The van der Waals surface area contributed by atoms with Crippen molar-refractivity contribution in [1.82, 2.24) is 0 Å². The summed E-state index contributed by atoms with van der Waals surface area (Å²) in [7, 11) is 0. The third kappa shape index (κ3) is 2.94. The van der Waals surface area contributed by atoms with E-state index in [2.05, 4.69) is 0 Å². The van der Waals surface area contributed by atoms with E-state index in [1.807, 2.05) is 0 Å². The first-order valence-corrected chi connectivity index (χ1v) is 6.20. The summed E-state index contributed by atoms with van der Waals surface area (Å²) in [4.78, 5) is 0. The minimum absolute atomic E-state index is 0.146. The van der Waals surface area contributed by atoms with Gasteiger partial charge in [0.1, 0.15) is 11.6 Å². The van der Waals surface area contributed by atoms with Crippen molar-refractivity contribution in [3.8, 4) is 0 Å². The molecule has 1 unspecified atom stereocenters. The van der Waals surface area contributed by atoms with E-state index in [4.69, 9.17) is 11.6 Å². The SMILES string of the molecule is CC(O)(Cc1c(F)cccc1F)c1ccccc1Cl. The van der Waals surface area contributed by atoms with Crippen LogP contribution in [0.1, 0.15) is 18.1 Å². The molecule has 19 heavy (non-hydrogen) atoms. The Morgan fingerprint density at radius 1 is 1.05 bits per heavy atom. The second kappa shape index (κ2) is 5.27. The van der Waals surface area contributed by atoms with Gasteiger partial charge in [-0.3, -0.25) is 0 Å². The molecule has 1 N–H and O–H groups in total. The molecule has 2 rings (SSSR count). The van der Waals surface area contributed by atoms with Crippen molar-refractivity contribution in [2.24, 2.45) is 0 Å². The van der Waals surface area contributed by atoms with Gasteiger partial charge in [-0.05, 0) is 25.1 Å². The van der Waals surface area contributed by atoms with Gasteiger partial charge in [-0.2, -0.15) is 0 Å². The van der Waals surface area contributed by atoms with Crippen molar-refractivity contribution < 1.29 is 13.9 Å². The number of halogens is 3. The Morgan fingerprint density at radius 3 is 2.21 bits per heavy atom. The predicted molar refractivity (Wildman–Crippen MR) is 71.1 cm³/mol. The average molecular weight is 283 g/mol. The van der Waals surface area contributed by atoms with E-state index < -0.39 is 17.2 Å². The fraction of sp³-hybridized carbons (Fsp3) is 0.200. The number of hydrogen-bond donors (Lipinski definition) is 1. The molecule has 0 aliphatic heterocycles. The minimum Gasteiger partial charge on any atom is -0.385 e. The summed E-state index contributed by atoms with van der Waals surface area (Å²) in [6, 6.07) is 10.3. The van der Waals surface area contributed by atoms with E-state index >= 15 is 0 Å². The molecule has 0 heterocycles. The molecule has 0 spiro atoms. The Bertz CT molecular complexity index is 576. The molecule has 0 amide bonds. The molecule has 100 valence electrons. The van der Waals surface area contributed by atoms with E-state index in [9.17, 15) is 13.9 Å². The number of rotatable bonds is 3. The Balaban J connectivity index is 2.39. The Kier molecular flexibility index (Phi) is 3.88. The van der Waals surface area contributed by atoms with Gasteiger partial charge in [0.25, 0.3) is 0 Å². The van der Waals surface area contributed by atoms with Crippen LogP contribution in [0.4, 0.5) is 8.78 Å². The molecule has 0 aliphatic carbocycles. The largest absolute Gasteiger partial charge is 0.385 e. The summed E-state index contributed by atoms with van der Waals surface area (Å²) >= 11 is 6.01. The molecule has 1 nitrogen and oxygen atoms in total. The summed E-state index contributed by atoms with van der Waals surface area (Å²) in [5, 5.41) is 10.8. The molecular formula is C15H13ClF2O. The number of benzene rings is 2. The van der Waals surface area contributed by atoms with Crippen LogP contribution in [0.15, 0.2) is 42.5 Å². The first kappa shape index (κ1) is 14.0. The fourth-order valence-electron chi connectivity index (χ4n) is 2.04. The number of aliphatic hydroxyl groups is 1. The van der Waals surface area contributed by atoms with Crippen LogP contribution in [0.2, 0.25) is 5.02 Å². The quantitative estimate of drug-likeness (QED) is 0.900. The van der Waals surface area contributed by atoms with Gasteiger partial charge in [0.05, 0.1) is 5.60 Å². The van der Waals surface area contributed by atoms with Gasteiger partial charge in [0.15, 0.2) is 0 Å². The first-order chi connectivity index (χ1) is 8.92. The standard InChI is InChI=1S/C15H13ClF2O/c1-15(19,11-5-2-3-6-12(11)16)9-10-13(17)7-4-8-14(10)18/h2-8,19H,9H2,1H3. The van der Waals surface area contributed by atoms with E-state index in [-0.39, 0.29) is 12.0 Å². The van der Waals surface area contributed by atoms with Crippen LogP contribution in [0.5, 0.6) is 0 Å². The Labute approximate surface area is 115 Å². The lowest BCUT2D eigenvalue weighted by atomic mass is 9.88. The average Bonchev–Trinajstić information content (AvgIpc) is 2.34. The maximum atomic E-state index is 13.6. The van der Waals surface area contributed by atoms with Crippen LogP contribution in [-0.4, -0.2) is 5.11 Å². The topological polar surface area (TPSA) is 20.2 Å². The highest BCUT2D eigenvalue weighted by Gasteiger charge is 2.28. The van der Waals surface area contributed by atoms with Crippen LogP contribution >= 0.6 is 11.6 Å². The lowest BCUT2D eigenvalue weighted by Gasteiger charge is -2.25. The second-order valence-corrected chi connectivity index (χ2v) is 5.04. The number of hydrogen-bond acceptors (Lipinski definition) is 1. The Morgan fingerprint density at radius 2 is 1.63 bits per heavy atom. The maximum absolute atomic E-state index is 13.6. The van der Waals surface area contributed by atoms with E-state index in [1.165, 1.54) is 25.1 Å². The van der Waals surface area contributed by atoms with Crippen LogP contribution in [0.25, 0.3) is 0 Å². The Hall–Kier alpha value is -1.45.